The van der Waals surface area contributed by atoms with Gasteiger partial charge in [-0.2, -0.15) is 0 Å². The predicted molar refractivity (Wildman–Crippen MR) is 119 cm³/mol. The third-order valence-corrected chi connectivity index (χ3v) is 7.51. The van der Waals surface area contributed by atoms with Crippen LogP contribution in [0.25, 0.3) is 11.1 Å². The summed E-state index contributed by atoms with van der Waals surface area (Å²) in [4.78, 5) is 0. The Morgan fingerprint density at radius 1 is 0.767 bits per heavy atom. The molecule has 0 aromatic heterocycles. The number of hydrogen-bond donors (Lipinski definition) is 0. The van der Waals surface area contributed by atoms with Gasteiger partial charge in [0.25, 0.3) is 0 Å². The van der Waals surface area contributed by atoms with Crippen molar-refractivity contribution in [3.05, 3.63) is 104 Å². The van der Waals surface area contributed by atoms with Crippen molar-refractivity contribution in [2.75, 3.05) is 0 Å². The molecule has 5 rings (SSSR count). The molecule has 0 aliphatic heterocycles. The van der Waals surface area contributed by atoms with E-state index < -0.39 is 0 Å². The fraction of sp³-hybridized carbons (Fsp3) is 0.286. The van der Waals surface area contributed by atoms with Crippen molar-refractivity contribution < 1.29 is 9.47 Å². The summed E-state index contributed by atoms with van der Waals surface area (Å²) < 4.78 is 10.2. The van der Waals surface area contributed by atoms with E-state index in [4.69, 9.17) is 23.7 Å². The molecule has 0 saturated heterocycles. The maximum atomic E-state index is 5.55. The topological polar surface area (TPSA) is 18.5 Å². The molecule has 2 nitrogen and oxygen atoms in total. The van der Waals surface area contributed by atoms with Gasteiger partial charge in [-0.1, -0.05) is 67.6 Å². The smallest absolute Gasteiger partial charge is 0.180 e. The third kappa shape index (κ3) is 2.60. The van der Waals surface area contributed by atoms with Gasteiger partial charge < -0.3 is 9.47 Å². The molecular weight excluding hydrogens is 368 g/mol. The summed E-state index contributed by atoms with van der Waals surface area (Å²) in [5, 5.41) is 0. The Morgan fingerprint density at radius 2 is 1.30 bits per heavy atom. The van der Waals surface area contributed by atoms with Crippen LogP contribution in [0.5, 0.6) is 5.75 Å². The lowest BCUT2D eigenvalue weighted by molar-refractivity contribution is 0.0320. The van der Waals surface area contributed by atoms with Crippen LogP contribution in [-0.2, 0) is 10.2 Å². The largest absolute Gasteiger partial charge is 0.482 e. The molecule has 0 amide bonds. The van der Waals surface area contributed by atoms with Crippen LogP contribution >= 0.6 is 0 Å². The molecular formula is C28H26O2. The first kappa shape index (κ1) is 19.4. The lowest BCUT2D eigenvalue weighted by Gasteiger charge is -2.52. The summed E-state index contributed by atoms with van der Waals surface area (Å²) in [6.07, 6.45) is 4.13. The number of rotatable bonds is 4. The fourth-order valence-electron chi connectivity index (χ4n) is 6.07. The van der Waals surface area contributed by atoms with Gasteiger partial charge in [0.2, 0.25) is 0 Å². The lowest BCUT2D eigenvalue weighted by Crippen LogP contribution is -2.47. The van der Waals surface area contributed by atoms with Crippen molar-refractivity contribution >= 4 is 0 Å². The van der Waals surface area contributed by atoms with Crippen LogP contribution in [0.4, 0.5) is 0 Å². The minimum absolute atomic E-state index is 0.00975. The van der Waals surface area contributed by atoms with Gasteiger partial charge in [-0.25, -0.2) is 0 Å². The van der Waals surface area contributed by atoms with Crippen LogP contribution in [0.2, 0.25) is 0 Å². The molecule has 2 heteroatoms. The van der Waals surface area contributed by atoms with E-state index in [1.807, 2.05) is 12.1 Å². The fourth-order valence-corrected chi connectivity index (χ4v) is 6.07. The Kier molecular flexibility index (Phi) is 4.71. The molecule has 2 aliphatic rings. The van der Waals surface area contributed by atoms with Crippen molar-refractivity contribution in [1.82, 2.24) is 0 Å². The van der Waals surface area contributed by atoms with E-state index in [1.54, 1.807) is 0 Å². The normalized spacial score (nSPS) is 24.2. The molecule has 2 aliphatic carbocycles. The Balaban J connectivity index is 1.80. The van der Waals surface area contributed by atoms with Crippen LogP contribution < -0.4 is 4.74 Å². The average molecular weight is 395 g/mol. The highest BCUT2D eigenvalue weighted by Gasteiger charge is 2.56. The van der Waals surface area contributed by atoms with E-state index in [2.05, 4.69) is 67.6 Å². The maximum Gasteiger partial charge on any atom is 0.180 e. The van der Waals surface area contributed by atoms with Crippen LogP contribution in [0.3, 0.4) is 0 Å². The van der Waals surface area contributed by atoms with Crippen LogP contribution in [0, 0.1) is 19.6 Å². The quantitative estimate of drug-likeness (QED) is 0.491. The van der Waals surface area contributed by atoms with Crippen molar-refractivity contribution in [2.24, 2.45) is 5.41 Å². The van der Waals surface area contributed by atoms with Gasteiger partial charge in [0.15, 0.2) is 7.11 Å². The lowest BCUT2D eigenvalue weighted by atomic mass is 9.51. The van der Waals surface area contributed by atoms with Gasteiger partial charge in [0, 0.05) is 0 Å². The first-order valence-electron chi connectivity index (χ1n) is 10.7. The molecule has 1 saturated carbocycles. The highest BCUT2D eigenvalue weighted by molar-refractivity contribution is 5.84. The summed E-state index contributed by atoms with van der Waals surface area (Å²) in [7, 11) is 11.0. The van der Waals surface area contributed by atoms with E-state index in [0.717, 1.165) is 25.7 Å². The Bertz CT molecular complexity index is 997. The summed E-state index contributed by atoms with van der Waals surface area (Å²) in [6, 6.07) is 26.0. The van der Waals surface area contributed by atoms with E-state index in [-0.39, 0.29) is 16.9 Å². The second-order valence-corrected chi connectivity index (χ2v) is 8.88. The Morgan fingerprint density at radius 3 is 1.80 bits per heavy atom. The van der Waals surface area contributed by atoms with Gasteiger partial charge in [0.1, 0.15) is 12.9 Å². The van der Waals surface area contributed by atoms with Crippen molar-refractivity contribution in [3.8, 4) is 16.9 Å². The molecule has 0 heterocycles. The zero-order valence-electron chi connectivity index (χ0n) is 17.3. The monoisotopic (exact) mass is 394 g/mol. The SMILES string of the molecule is [CH]Oc1ccc(C2(C3(C)CCC(O[CH])CC3)c3ccccc3-c3ccccc32)cc1. The second kappa shape index (κ2) is 7.28. The van der Waals surface area contributed by atoms with Crippen molar-refractivity contribution in [3.63, 3.8) is 0 Å². The van der Waals surface area contributed by atoms with Gasteiger partial charge in [0.05, 0.1) is 11.5 Å². The molecule has 3 aromatic carbocycles. The van der Waals surface area contributed by atoms with Crippen LogP contribution in [-0.4, -0.2) is 6.10 Å². The first-order valence-corrected chi connectivity index (χ1v) is 10.7. The minimum Gasteiger partial charge on any atom is -0.482 e. The molecule has 0 bridgehead atoms. The van der Waals surface area contributed by atoms with Crippen LogP contribution in [0.1, 0.15) is 49.3 Å². The van der Waals surface area contributed by atoms with Crippen LogP contribution in [0.15, 0.2) is 72.8 Å². The third-order valence-electron chi connectivity index (χ3n) is 7.51. The zero-order valence-corrected chi connectivity index (χ0v) is 17.3. The summed E-state index contributed by atoms with van der Waals surface area (Å²) >= 11 is 0. The number of ether oxygens (including phenoxy) is 2. The highest BCUT2D eigenvalue weighted by atomic mass is 16.5. The first-order chi connectivity index (χ1) is 14.6. The standard InChI is InChI=1S/C28H26O2/c1-27(18-16-22(30-3)17-19-27)28(20-12-14-21(29-2)15-13-20)25-10-6-4-8-23(25)24-9-5-7-11-26(24)28/h2-15,22H,16-19H2,1H3. The average Bonchev–Trinajstić information content (AvgIpc) is 3.12. The molecule has 150 valence electrons. The van der Waals surface area contributed by atoms with Gasteiger partial charge in [-0.05, 0) is 71.0 Å². The molecule has 3 aromatic rings. The molecule has 0 unspecified atom stereocenters. The van der Waals surface area contributed by atoms with E-state index in [0.29, 0.717) is 5.75 Å². The van der Waals surface area contributed by atoms with Gasteiger partial charge in [-0.3, -0.25) is 0 Å². The van der Waals surface area contributed by atoms with Crippen molar-refractivity contribution in [2.45, 2.75) is 44.1 Å². The maximum absolute atomic E-state index is 5.55. The molecule has 0 spiro atoms. The molecule has 0 atom stereocenters. The Labute approximate surface area is 179 Å². The van der Waals surface area contributed by atoms with E-state index in [9.17, 15) is 0 Å². The molecule has 1 fully saturated rings. The molecule has 0 N–H and O–H groups in total. The zero-order chi connectivity index (χ0) is 20.8. The highest BCUT2D eigenvalue weighted by Crippen LogP contribution is 2.64. The summed E-state index contributed by atoms with van der Waals surface area (Å²) in [5.41, 5.74) is 6.43. The molecule has 30 heavy (non-hydrogen) atoms. The minimum atomic E-state index is -0.257. The summed E-state index contributed by atoms with van der Waals surface area (Å²) in [5.74, 6) is 0.666. The number of hydrogen-bond acceptors (Lipinski definition) is 2. The second-order valence-electron chi connectivity index (χ2n) is 8.88. The van der Waals surface area contributed by atoms with Gasteiger partial charge >= 0.3 is 0 Å². The predicted octanol–water partition coefficient (Wildman–Crippen LogP) is 6.68. The molecule has 4 radical (unpaired) electrons. The van der Waals surface area contributed by atoms with Crippen molar-refractivity contribution in [1.29, 1.82) is 0 Å². The van der Waals surface area contributed by atoms with E-state index in [1.165, 1.54) is 27.8 Å². The Hall–Kier alpha value is -2.58. The summed E-state index contributed by atoms with van der Waals surface area (Å²) in [6.45, 7) is 2.44. The number of fused-ring (bicyclic) bond motifs is 3. The van der Waals surface area contributed by atoms with Gasteiger partial charge in [-0.15, -0.1) is 0 Å². The number of benzene rings is 3. The van der Waals surface area contributed by atoms with E-state index >= 15 is 0 Å².